The van der Waals surface area contributed by atoms with Crippen molar-refractivity contribution in [1.29, 1.82) is 0 Å². The maximum Gasteiger partial charge on any atom is 0.229 e. The van der Waals surface area contributed by atoms with Crippen LogP contribution >= 0.6 is 0 Å². The van der Waals surface area contributed by atoms with Gasteiger partial charge in [-0.1, -0.05) is 17.3 Å². The van der Waals surface area contributed by atoms with Gasteiger partial charge in [-0.2, -0.15) is 4.98 Å². The number of nitrogens with zero attached hydrogens (tertiary/aromatic N) is 2. The molecule has 1 aliphatic rings. The highest BCUT2D eigenvalue weighted by Gasteiger charge is 2.18. The molecule has 1 aliphatic heterocycles. The number of aromatic nitrogens is 2. The van der Waals surface area contributed by atoms with Crippen LogP contribution in [0.2, 0.25) is 0 Å². The molecule has 1 aromatic heterocycles. The van der Waals surface area contributed by atoms with Crippen LogP contribution in [-0.2, 0) is 11.2 Å². The van der Waals surface area contributed by atoms with E-state index in [0.717, 1.165) is 31.0 Å². The SMILES string of the molecule is CCOc1cccc(-c2noc(CC3CNCCO3)n2)c1. The number of morpholine rings is 1. The molecular weight excluding hydrogens is 270 g/mol. The summed E-state index contributed by atoms with van der Waals surface area (Å²) in [7, 11) is 0. The Balaban J connectivity index is 1.70. The minimum Gasteiger partial charge on any atom is -0.494 e. The summed E-state index contributed by atoms with van der Waals surface area (Å²) in [6.45, 7) is 5.03. The highest BCUT2D eigenvalue weighted by molar-refractivity contribution is 5.56. The van der Waals surface area contributed by atoms with E-state index in [4.69, 9.17) is 14.0 Å². The van der Waals surface area contributed by atoms with E-state index in [0.29, 0.717) is 24.7 Å². The van der Waals surface area contributed by atoms with Gasteiger partial charge in [0.05, 0.1) is 25.7 Å². The fourth-order valence-electron chi connectivity index (χ4n) is 2.29. The van der Waals surface area contributed by atoms with Gasteiger partial charge in [-0.15, -0.1) is 0 Å². The monoisotopic (exact) mass is 289 g/mol. The van der Waals surface area contributed by atoms with E-state index < -0.39 is 0 Å². The molecule has 1 saturated heterocycles. The zero-order valence-corrected chi connectivity index (χ0v) is 12.0. The van der Waals surface area contributed by atoms with E-state index in [1.807, 2.05) is 31.2 Å². The molecule has 1 atom stereocenters. The van der Waals surface area contributed by atoms with Gasteiger partial charge in [0.15, 0.2) is 0 Å². The van der Waals surface area contributed by atoms with Crippen LogP contribution in [-0.4, -0.2) is 42.5 Å². The number of ether oxygens (including phenoxy) is 2. The molecule has 2 aromatic rings. The standard InChI is InChI=1S/C15H19N3O3/c1-2-19-12-5-3-4-11(8-12)15-17-14(21-18-15)9-13-10-16-6-7-20-13/h3-5,8,13,16H,2,6-7,9-10H2,1H3. The third-order valence-electron chi connectivity index (χ3n) is 3.28. The first-order valence-electron chi connectivity index (χ1n) is 7.23. The second-order valence-corrected chi connectivity index (χ2v) is 4.87. The van der Waals surface area contributed by atoms with E-state index in [-0.39, 0.29) is 6.10 Å². The average Bonchev–Trinajstić information content (AvgIpc) is 2.97. The molecule has 0 saturated carbocycles. The maximum atomic E-state index is 5.64. The Labute approximate surface area is 123 Å². The Morgan fingerprint density at radius 3 is 3.19 bits per heavy atom. The molecule has 0 spiro atoms. The van der Waals surface area contributed by atoms with E-state index in [1.165, 1.54) is 0 Å². The normalized spacial score (nSPS) is 18.6. The number of rotatable bonds is 5. The Bertz CT molecular complexity index is 579. The predicted octanol–water partition coefficient (Wildman–Crippen LogP) is 1.67. The molecule has 21 heavy (non-hydrogen) atoms. The zero-order valence-electron chi connectivity index (χ0n) is 12.0. The lowest BCUT2D eigenvalue weighted by Gasteiger charge is -2.21. The van der Waals surface area contributed by atoms with Crippen molar-refractivity contribution in [2.24, 2.45) is 0 Å². The van der Waals surface area contributed by atoms with Crippen LogP contribution < -0.4 is 10.1 Å². The summed E-state index contributed by atoms with van der Waals surface area (Å²) < 4.78 is 16.4. The summed E-state index contributed by atoms with van der Waals surface area (Å²) in [5, 5.41) is 7.32. The molecule has 0 radical (unpaired) electrons. The number of hydrogen-bond acceptors (Lipinski definition) is 6. The number of nitrogens with one attached hydrogen (secondary N) is 1. The van der Waals surface area contributed by atoms with Crippen LogP contribution in [0.4, 0.5) is 0 Å². The summed E-state index contributed by atoms with van der Waals surface area (Å²) in [5.41, 5.74) is 0.888. The van der Waals surface area contributed by atoms with Gasteiger partial charge in [-0.05, 0) is 19.1 Å². The lowest BCUT2D eigenvalue weighted by Crippen LogP contribution is -2.39. The largest absolute Gasteiger partial charge is 0.494 e. The fourth-order valence-corrected chi connectivity index (χ4v) is 2.29. The minimum atomic E-state index is 0.0989. The van der Waals surface area contributed by atoms with Gasteiger partial charge >= 0.3 is 0 Å². The minimum absolute atomic E-state index is 0.0989. The van der Waals surface area contributed by atoms with Crippen molar-refractivity contribution < 1.29 is 14.0 Å². The Hall–Kier alpha value is -1.92. The zero-order chi connectivity index (χ0) is 14.5. The number of benzene rings is 1. The molecular formula is C15H19N3O3. The van der Waals surface area contributed by atoms with Gasteiger partial charge in [0.1, 0.15) is 5.75 Å². The van der Waals surface area contributed by atoms with Crippen LogP contribution in [0.15, 0.2) is 28.8 Å². The van der Waals surface area contributed by atoms with Crippen LogP contribution in [0.25, 0.3) is 11.4 Å². The van der Waals surface area contributed by atoms with E-state index >= 15 is 0 Å². The van der Waals surface area contributed by atoms with Crippen molar-refractivity contribution in [3.05, 3.63) is 30.2 Å². The van der Waals surface area contributed by atoms with Gasteiger partial charge < -0.3 is 19.3 Å². The predicted molar refractivity (Wildman–Crippen MR) is 77.2 cm³/mol. The highest BCUT2D eigenvalue weighted by Crippen LogP contribution is 2.22. The third-order valence-corrected chi connectivity index (χ3v) is 3.28. The van der Waals surface area contributed by atoms with Crippen molar-refractivity contribution >= 4 is 0 Å². The highest BCUT2D eigenvalue weighted by atomic mass is 16.5. The van der Waals surface area contributed by atoms with Gasteiger partial charge in [0.2, 0.25) is 11.7 Å². The Kier molecular flexibility index (Phi) is 4.47. The lowest BCUT2D eigenvalue weighted by molar-refractivity contribution is 0.0246. The Morgan fingerprint density at radius 2 is 2.38 bits per heavy atom. The second kappa shape index (κ2) is 6.69. The molecule has 0 amide bonds. The molecule has 6 heteroatoms. The van der Waals surface area contributed by atoms with Gasteiger partial charge in [0.25, 0.3) is 0 Å². The smallest absolute Gasteiger partial charge is 0.229 e. The van der Waals surface area contributed by atoms with E-state index in [9.17, 15) is 0 Å². The van der Waals surface area contributed by atoms with Crippen LogP contribution in [0.1, 0.15) is 12.8 Å². The molecule has 6 nitrogen and oxygen atoms in total. The molecule has 1 aromatic carbocycles. The first kappa shape index (κ1) is 14.0. The summed E-state index contributed by atoms with van der Waals surface area (Å²) in [5.74, 6) is 1.98. The lowest BCUT2D eigenvalue weighted by atomic mass is 10.2. The summed E-state index contributed by atoms with van der Waals surface area (Å²) in [6, 6.07) is 7.69. The molecule has 1 unspecified atom stereocenters. The van der Waals surface area contributed by atoms with E-state index in [2.05, 4.69) is 15.5 Å². The average molecular weight is 289 g/mol. The third kappa shape index (κ3) is 3.59. The summed E-state index contributed by atoms with van der Waals surface area (Å²) in [6.07, 6.45) is 0.729. The molecule has 1 N–H and O–H groups in total. The molecule has 2 heterocycles. The number of hydrogen-bond donors (Lipinski definition) is 1. The molecule has 3 rings (SSSR count). The summed E-state index contributed by atoms with van der Waals surface area (Å²) >= 11 is 0. The first-order valence-corrected chi connectivity index (χ1v) is 7.23. The van der Waals surface area contributed by atoms with Crippen molar-refractivity contribution in [1.82, 2.24) is 15.5 Å². The van der Waals surface area contributed by atoms with Crippen LogP contribution in [0.5, 0.6) is 5.75 Å². The van der Waals surface area contributed by atoms with Gasteiger partial charge in [0, 0.05) is 18.7 Å². The van der Waals surface area contributed by atoms with E-state index in [1.54, 1.807) is 0 Å². The topological polar surface area (TPSA) is 69.4 Å². The maximum absolute atomic E-state index is 5.64. The quantitative estimate of drug-likeness (QED) is 0.903. The van der Waals surface area contributed by atoms with Crippen molar-refractivity contribution in [3.63, 3.8) is 0 Å². The molecule has 0 bridgehead atoms. The fraction of sp³-hybridized carbons (Fsp3) is 0.467. The first-order chi connectivity index (χ1) is 10.3. The van der Waals surface area contributed by atoms with Crippen LogP contribution in [0.3, 0.4) is 0 Å². The van der Waals surface area contributed by atoms with Crippen LogP contribution in [0, 0.1) is 0 Å². The molecule has 112 valence electrons. The van der Waals surface area contributed by atoms with Crippen molar-refractivity contribution in [2.45, 2.75) is 19.4 Å². The summed E-state index contributed by atoms with van der Waals surface area (Å²) in [4.78, 5) is 4.43. The second-order valence-electron chi connectivity index (χ2n) is 4.87. The van der Waals surface area contributed by atoms with Gasteiger partial charge in [-0.3, -0.25) is 0 Å². The molecule has 1 fully saturated rings. The van der Waals surface area contributed by atoms with Crippen molar-refractivity contribution in [2.75, 3.05) is 26.3 Å². The molecule has 0 aliphatic carbocycles. The van der Waals surface area contributed by atoms with Crippen molar-refractivity contribution in [3.8, 4) is 17.1 Å². The Morgan fingerprint density at radius 1 is 1.43 bits per heavy atom. The van der Waals surface area contributed by atoms with Gasteiger partial charge in [-0.25, -0.2) is 0 Å².